The summed E-state index contributed by atoms with van der Waals surface area (Å²) >= 11 is 0. The van der Waals surface area contributed by atoms with Gasteiger partial charge < -0.3 is 39.0 Å². The molecule has 8 N–H and O–H groups in total. The molecule has 0 aliphatic heterocycles. The molecule has 0 spiro atoms. The van der Waals surface area contributed by atoms with Crippen LogP contribution in [0.3, 0.4) is 0 Å². The molecule has 0 radical (unpaired) electrons. The second kappa shape index (κ2) is 17.8. The van der Waals surface area contributed by atoms with Gasteiger partial charge in [0.15, 0.2) is 12.2 Å². The Labute approximate surface area is 165 Å². The smallest absolute Gasteiger partial charge is 1.00 e. The van der Waals surface area contributed by atoms with Crippen LogP contribution in [0.2, 0.25) is 0 Å². The molecule has 0 saturated carbocycles. The quantitative estimate of drug-likeness (QED) is 0.252. The summed E-state index contributed by atoms with van der Waals surface area (Å²) in [5.74, 6) is -5.69. The summed E-state index contributed by atoms with van der Waals surface area (Å²) in [6.45, 7) is 0. The van der Waals surface area contributed by atoms with Crippen molar-refractivity contribution in [3.05, 3.63) is 0 Å². The Morgan fingerprint density at radius 1 is 0.714 bits per heavy atom. The minimum Gasteiger partial charge on any atom is -1.00 e. The average molecular weight is 334 g/mol. The van der Waals surface area contributed by atoms with Gasteiger partial charge in [-0.25, -0.2) is 9.59 Å². The van der Waals surface area contributed by atoms with Gasteiger partial charge in [0.2, 0.25) is 0 Å². The zero-order valence-corrected chi connectivity index (χ0v) is 15.4. The van der Waals surface area contributed by atoms with E-state index in [1.54, 1.807) is 0 Å². The molecule has 0 heterocycles. The second-order valence-electron chi connectivity index (χ2n) is 2.90. The van der Waals surface area contributed by atoms with E-state index in [2.05, 4.69) is 0 Å². The van der Waals surface area contributed by atoms with Crippen LogP contribution in [0.1, 0.15) is 15.7 Å². The maximum atomic E-state index is 9.72. The molecule has 0 bridgehead atoms. The molecule has 0 saturated heterocycles. The van der Waals surface area contributed by atoms with Gasteiger partial charge in [-0.15, -0.1) is 0 Å². The van der Waals surface area contributed by atoms with Crippen molar-refractivity contribution in [3.63, 3.8) is 0 Å². The van der Waals surface area contributed by atoms with Gasteiger partial charge >= 0.3 is 83.0 Å². The molecule has 0 aromatic carbocycles. The molecule has 21 heavy (non-hydrogen) atoms. The topological polar surface area (TPSA) is 221 Å². The van der Waals surface area contributed by atoms with Crippen molar-refractivity contribution in [1.82, 2.24) is 0 Å². The second-order valence-corrected chi connectivity index (χ2v) is 2.90. The zero-order chi connectivity index (χ0) is 14.9. The Hall–Kier alpha value is -0.240. The Kier molecular flexibility index (Phi) is 27.7. The molecule has 116 valence electrons. The van der Waals surface area contributed by atoms with Crippen molar-refractivity contribution in [2.45, 2.75) is 25.0 Å². The van der Waals surface area contributed by atoms with Crippen LogP contribution in [-0.4, -0.2) is 72.2 Å². The van der Waals surface area contributed by atoms with Crippen LogP contribution in [-0.2, 0) is 19.2 Å². The van der Waals surface area contributed by atoms with Crippen LogP contribution in [0.5, 0.6) is 0 Å². The maximum Gasteiger partial charge on any atom is 1.00 e. The normalized spacial score (nSPS) is 10.8. The van der Waals surface area contributed by atoms with Crippen LogP contribution >= 0.6 is 0 Å². The summed E-state index contributed by atoms with van der Waals surface area (Å²) in [5, 5.41) is 48.3. The SMILES string of the molecule is O.O=C(O)CC(O)C(=O)O.O=C(O)CC(O)C(=O)O.[H-].[H-].[Na+].[Na+]. The Morgan fingerprint density at radius 2 is 0.905 bits per heavy atom. The van der Waals surface area contributed by atoms with Crippen LogP contribution in [0.25, 0.3) is 0 Å². The van der Waals surface area contributed by atoms with Crippen molar-refractivity contribution in [1.29, 1.82) is 0 Å². The predicted molar refractivity (Wildman–Crippen MR) is 57.6 cm³/mol. The molecule has 2 unspecified atom stereocenters. The van der Waals surface area contributed by atoms with Crippen molar-refractivity contribution < 1.29 is 117 Å². The van der Waals surface area contributed by atoms with Gasteiger partial charge in [0.25, 0.3) is 0 Å². The molecule has 13 heteroatoms. The van der Waals surface area contributed by atoms with E-state index in [1.807, 2.05) is 0 Å². The van der Waals surface area contributed by atoms with Gasteiger partial charge in [-0.05, 0) is 0 Å². The number of hydrogen-bond donors (Lipinski definition) is 6. The molecule has 2 atom stereocenters. The van der Waals surface area contributed by atoms with E-state index in [9.17, 15) is 19.2 Å². The molecule has 0 aromatic rings. The average Bonchev–Trinajstić information content (AvgIpc) is 2.16. The Balaban J connectivity index is -0.0000000366. The zero-order valence-electron chi connectivity index (χ0n) is 13.4. The van der Waals surface area contributed by atoms with E-state index in [0.717, 1.165) is 0 Å². The van der Waals surface area contributed by atoms with Gasteiger partial charge in [-0.2, -0.15) is 0 Å². The fraction of sp³-hybridized carbons (Fsp3) is 0.500. The van der Waals surface area contributed by atoms with E-state index in [1.165, 1.54) is 0 Å². The molecule has 11 nitrogen and oxygen atoms in total. The monoisotopic (exact) mass is 334 g/mol. The number of carbonyl (C=O) groups is 4. The minimum absolute atomic E-state index is 0. The van der Waals surface area contributed by atoms with Crippen molar-refractivity contribution in [3.8, 4) is 0 Å². The predicted octanol–water partition coefficient (Wildman–Crippen LogP) is -8.78. The van der Waals surface area contributed by atoms with Gasteiger partial charge in [-0.3, -0.25) is 9.59 Å². The molecule has 0 fully saturated rings. The van der Waals surface area contributed by atoms with Gasteiger partial charge in [0.1, 0.15) is 0 Å². The number of aliphatic hydroxyl groups excluding tert-OH is 2. The first-order chi connectivity index (χ1) is 8.07. The minimum atomic E-state index is -1.79. The summed E-state index contributed by atoms with van der Waals surface area (Å²) in [4.78, 5) is 38.8. The van der Waals surface area contributed by atoms with Gasteiger partial charge in [-0.1, -0.05) is 0 Å². The summed E-state index contributed by atoms with van der Waals surface area (Å²) < 4.78 is 0. The number of rotatable bonds is 6. The largest absolute Gasteiger partial charge is 1.00 e. The number of hydrogen-bond acceptors (Lipinski definition) is 6. The third-order valence-electron chi connectivity index (χ3n) is 1.31. The fourth-order valence-corrected chi connectivity index (χ4v) is 0.505. The van der Waals surface area contributed by atoms with Crippen LogP contribution in [0.4, 0.5) is 0 Å². The summed E-state index contributed by atoms with van der Waals surface area (Å²) in [6, 6.07) is 0. The molecule has 0 aliphatic carbocycles. The van der Waals surface area contributed by atoms with E-state index in [0.29, 0.717) is 0 Å². The molecular formula is C8H16Na2O11. The summed E-state index contributed by atoms with van der Waals surface area (Å²) in [6.07, 6.45) is -5.09. The Bertz CT molecular complexity index is 310. The molecule has 0 amide bonds. The van der Waals surface area contributed by atoms with E-state index in [4.69, 9.17) is 30.6 Å². The summed E-state index contributed by atoms with van der Waals surface area (Å²) in [5.41, 5.74) is 0. The number of aliphatic carboxylic acids is 4. The molecule has 0 aliphatic rings. The first kappa shape index (κ1) is 32.6. The first-order valence-corrected chi connectivity index (χ1v) is 4.33. The van der Waals surface area contributed by atoms with E-state index in [-0.39, 0.29) is 67.4 Å². The third kappa shape index (κ3) is 25.1. The molecule has 0 aromatic heterocycles. The number of carboxylic acids is 4. The van der Waals surface area contributed by atoms with Gasteiger partial charge in [0, 0.05) is 0 Å². The Morgan fingerprint density at radius 3 is 0.952 bits per heavy atom. The van der Waals surface area contributed by atoms with Crippen LogP contribution < -0.4 is 59.1 Å². The first-order valence-electron chi connectivity index (χ1n) is 4.33. The summed E-state index contributed by atoms with van der Waals surface area (Å²) in [7, 11) is 0. The van der Waals surface area contributed by atoms with Crippen molar-refractivity contribution in [2.75, 3.05) is 0 Å². The molecule has 0 rings (SSSR count). The maximum absolute atomic E-state index is 9.72. The van der Waals surface area contributed by atoms with E-state index >= 15 is 0 Å². The van der Waals surface area contributed by atoms with Crippen molar-refractivity contribution >= 4 is 23.9 Å². The fourth-order valence-electron chi connectivity index (χ4n) is 0.505. The van der Waals surface area contributed by atoms with Crippen molar-refractivity contribution in [2.24, 2.45) is 0 Å². The third-order valence-corrected chi connectivity index (χ3v) is 1.31. The standard InChI is InChI=1S/2C4H6O5.2Na.H2O.2H/c2*5-2(4(8)9)1-3(6)7;;;;;/h2*2,5H,1H2,(H,6,7)(H,8,9);;;1H2;;/q;;2*+1;;2*-1. The van der Waals surface area contributed by atoms with Crippen LogP contribution in [0, 0.1) is 0 Å². The van der Waals surface area contributed by atoms with Crippen LogP contribution in [0.15, 0.2) is 0 Å². The number of aliphatic hydroxyl groups is 2. The van der Waals surface area contributed by atoms with E-state index < -0.39 is 48.9 Å². The molecular weight excluding hydrogens is 318 g/mol. The van der Waals surface area contributed by atoms with Gasteiger partial charge in [0.05, 0.1) is 12.8 Å². The number of carboxylic acid groups (broad SMARTS) is 4.